The first-order valence-electron chi connectivity index (χ1n) is 5.34. The largest absolute Gasteiger partial charge is 0.352 e. The van der Waals surface area contributed by atoms with Gasteiger partial charge in [0.1, 0.15) is 12.1 Å². The zero-order chi connectivity index (χ0) is 14.3. The summed E-state index contributed by atoms with van der Waals surface area (Å²) in [6, 6.07) is 7.83. The van der Waals surface area contributed by atoms with Gasteiger partial charge in [-0.05, 0) is 25.1 Å². The summed E-state index contributed by atoms with van der Waals surface area (Å²) in [6.07, 6.45) is 0. The molecule has 1 aromatic rings. The molecule has 0 saturated heterocycles. The van der Waals surface area contributed by atoms with E-state index in [2.05, 4.69) is 15.8 Å². The second-order valence-electron chi connectivity index (χ2n) is 3.35. The van der Waals surface area contributed by atoms with E-state index in [0.29, 0.717) is 22.8 Å². The third-order valence-corrected chi connectivity index (χ3v) is 2.39. The highest BCUT2D eigenvalue weighted by Gasteiger charge is 2.10. The van der Waals surface area contributed by atoms with Crippen LogP contribution in [-0.2, 0) is 0 Å². The second kappa shape index (κ2) is 7.00. The minimum atomic E-state index is -0.311. The standard InChI is InChI=1S/C12H10ClN5O/c1-2-16-12(19)10-5-8(3-4-11(10)13)17-18-9(6-14)7-15/h3-5,17H,2H2,1H3,(H,16,19). The van der Waals surface area contributed by atoms with Crippen molar-refractivity contribution in [1.82, 2.24) is 5.32 Å². The number of hydrazone groups is 1. The molecule has 0 aliphatic carbocycles. The zero-order valence-electron chi connectivity index (χ0n) is 10.1. The van der Waals surface area contributed by atoms with E-state index in [-0.39, 0.29) is 11.6 Å². The summed E-state index contributed by atoms with van der Waals surface area (Å²) in [5.41, 5.74) is 2.95. The molecule has 1 rings (SSSR count). The lowest BCUT2D eigenvalue weighted by molar-refractivity contribution is 0.0956. The number of carbonyl (C=O) groups excluding carboxylic acids is 1. The molecule has 1 amide bonds. The fourth-order valence-corrected chi connectivity index (χ4v) is 1.42. The first kappa shape index (κ1) is 14.5. The molecule has 6 nitrogen and oxygen atoms in total. The van der Waals surface area contributed by atoms with Crippen LogP contribution >= 0.6 is 11.6 Å². The first-order chi connectivity index (χ1) is 9.12. The number of rotatable bonds is 4. The Morgan fingerprint density at radius 3 is 2.68 bits per heavy atom. The van der Waals surface area contributed by atoms with Crippen molar-refractivity contribution in [2.24, 2.45) is 5.10 Å². The molecule has 0 saturated carbocycles. The number of nitrogens with zero attached hydrogens (tertiary/aromatic N) is 3. The summed E-state index contributed by atoms with van der Waals surface area (Å²) in [7, 11) is 0. The number of amides is 1. The van der Waals surface area contributed by atoms with E-state index in [1.54, 1.807) is 25.1 Å². The molecular weight excluding hydrogens is 266 g/mol. The lowest BCUT2D eigenvalue weighted by Gasteiger charge is -2.07. The number of halogens is 1. The number of anilines is 1. The summed E-state index contributed by atoms with van der Waals surface area (Å²) in [5.74, 6) is -0.305. The molecule has 0 heterocycles. The molecule has 2 N–H and O–H groups in total. The van der Waals surface area contributed by atoms with Crippen molar-refractivity contribution in [1.29, 1.82) is 10.5 Å². The highest BCUT2D eigenvalue weighted by atomic mass is 35.5. The maximum absolute atomic E-state index is 11.7. The normalized spacial score (nSPS) is 8.84. The van der Waals surface area contributed by atoms with Crippen LogP contribution in [0.3, 0.4) is 0 Å². The van der Waals surface area contributed by atoms with Crippen LogP contribution in [0.2, 0.25) is 5.02 Å². The number of nitrogens with one attached hydrogen (secondary N) is 2. The summed E-state index contributed by atoms with van der Waals surface area (Å²) >= 11 is 5.91. The Labute approximate surface area is 115 Å². The van der Waals surface area contributed by atoms with Gasteiger partial charge in [-0.2, -0.15) is 15.6 Å². The van der Waals surface area contributed by atoms with E-state index < -0.39 is 0 Å². The van der Waals surface area contributed by atoms with Gasteiger partial charge < -0.3 is 5.32 Å². The van der Waals surface area contributed by atoms with Crippen molar-refractivity contribution >= 4 is 28.9 Å². The second-order valence-corrected chi connectivity index (χ2v) is 3.76. The van der Waals surface area contributed by atoms with Crippen LogP contribution in [0.25, 0.3) is 0 Å². The molecule has 0 aliphatic heterocycles. The predicted octanol–water partition coefficient (Wildman–Crippen LogP) is 1.90. The van der Waals surface area contributed by atoms with Crippen molar-refractivity contribution in [2.75, 3.05) is 12.0 Å². The van der Waals surface area contributed by atoms with E-state index in [0.717, 1.165) is 0 Å². The van der Waals surface area contributed by atoms with Gasteiger partial charge in [-0.3, -0.25) is 10.2 Å². The summed E-state index contributed by atoms with van der Waals surface area (Å²) < 4.78 is 0. The quantitative estimate of drug-likeness (QED) is 0.647. The Bertz CT molecular complexity index is 581. The molecule has 0 radical (unpaired) electrons. The average Bonchev–Trinajstić information content (AvgIpc) is 2.41. The van der Waals surface area contributed by atoms with Crippen LogP contribution in [-0.4, -0.2) is 18.2 Å². The fraction of sp³-hybridized carbons (Fsp3) is 0.167. The minimum absolute atomic E-state index is 0.291. The van der Waals surface area contributed by atoms with E-state index in [1.807, 2.05) is 0 Å². The molecule has 7 heteroatoms. The highest BCUT2D eigenvalue weighted by molar-refractivity contribution is 6.34. The Balaban J connectivity index is 2.98. The molecule has 1 aromatic carbocycles. The van der Waals surface area contributed by atoms with Crippen LogP contribution in [0.1, 0.15) is 17.3 Å². The summed E-state index contributed by atoms with van der Waals surface area (Å²) in [5, 5.41) is 23.6. The Morgan fingerprint density at radius 2 is 2.11 bits per heavy atom. The van der Waals surface area contributed by atoms with Crippen molar-refractivity contribution < 1.29 is 4.79 Å². The highest BCUT2D eigenvalue weighted by Crippen LogP contribution is 2.20. The number of benzene rings is 1. The van der Waals surface area contributed by atoms with Crippen LogP contribution in [0, 0.1) is 22.7 Å². The Kier molecular flexibility index (Phi) is 5.34. The molecule has 19 heavy (non-hydrogen) atoms. The van der Waals surface area contributed by atoms with Crippen molar-refractivity contribution in [2.45, 2.75) is 6.92 Å². The van der Waals surface area contributed by atoms with E-state index in [9.17, 15) is 4.79 Å². The van der Waals surface area contributed by atoms with Crippen LogP contribution in [0.4, 0.5) is 5.69 Å². The SMILES string of the molecule is CCNC(=O)c1cc(NN=C(C#N)C#N)ccc1Cl. The first-order valence-corrected chi connectivity index (χ1v) is 5.71. The van der Waals surface area contributed by atoms with Gasteiger partial charge in [-0.1, -0.05) is 11.6 Å². The molecule has 96 valence electrons. The van der Waals surface area contributed by atoms with Gasteiger partial charge in [-0.25, -0.2) is 0 Å². The van der Waals surface area contributed by atoms with Gasteiger partial charge in [0.05, 0.1) is 16.3 Å². The summed E-state index contributed by atoms with van der Waals surface area (Å²) in [6.45, 7) is 2.28. The van der Waals surface area contributed by atoms with Crippen LogP contribution < -0.4 is 10.7 Å². The molecule has 0 bridgehead atoms. The molecule has 0 spiro atoms. The van der Waals surface area contributed by atoms with E-state index in [4.69, 9.17) is 22.1 Å². The smallest absolute Gasteiger partial charge is 0.252 e. The molecule has 0 fully saturated rings. The average molecular weight is 276 g/mol. The topological polar surface area (TPSA) is 101 Å². The summed E-state index contributed by atoms with van der Waals surface area (Å²) in [4.78, 5) is 11.7. The van der Waals surface area contributed by atoms with Crippen molar-refractivity contribution in [3.63, 3.8) is 0 Å². The van der Waals surface area contributed by atoms with E-state index in [1.165, 1.54) is 12.1 Å². The van der Waals surface area contributed by atoms with Gasteiger partial charge in [-0.15, -0.1) is 0 Å². The Hall–Kier alpha value is -2.57. The maximum Gasteiger partial charge on any atom is 0.252 e. The van der Waals surface area contributed by atoms with Crippen LogP contribution in [0.5, 0.6) is 0 Å². The van der Waals surface area contributed by atoms with Gasteiger partial charge in [0.15, 0.2) is 0 Å². The van der Waals surface area contributed by atoms with Crippen molar-refractivity contribution in [3.05, 3.63) is 28.8 Å². The molecular formula is C12H10ClN5O. The zero-order valence-corrected chi connectivity index (χ0v) is 10.8. The van der Waals surface area contributed by atoms with Crippen molar-refractivity contribution in [3.8, 4) is 12.1 Å². The number of hydrogen-bond donors (Lipinski definition) is 2. The molecule has 0 atom stereocenters. The molecule has 0 unspecified atom stereocenters. The fourth-order valence-electron chi connectivity index (χ4n) is 1.22. The minimum Gasteiger partial charge on any atom is -0.352 e. The van der Waals surface area contributed by atoms with Gasteiger partial charge in [0, 0.05) is 6.54 Å². The number of nitriles is 2. The van der Waals surface area contributed by atoms with Gasteiger partial charge in [0.2, 0.25) is 5.71 Å². The molecule has 0 aliphatic rings. The molecule has 0 aromatic heterocycles. The third-order valence-electron chi connectivity index (χ3n) is 2.06. The van der Waals surface area contributed by atoms with Gasteiger partial charge >= 0.3 is 0 Å². The van der Waals surface area contributed by atoms with Crippen LogP contribution in [0.15, 0.2) is 23.3 Å². The lowest BCUT2D eigenvalue weighted by atomic mass is 10.2. The number of carbonyl (C=O) groups is 1. The van der Waals surface area contributed by atoms with Gasteiger partial charge in [0.25, 0.3) is 5.91 Å². The number of hydrogen-bond acceptors (Lipinski definition) is 5. The Morgan fingerprint density at radius 1 is 1.42 bits per heavy atom. The third kappa shape index (κ3) is 3.98. The lowest BCUT2D eigenvalue weighted by Crippen LogP contribution is -2.23. The predicted molar refractivity (Wildman–Crippen MR) is 71.7 cm³/mol. The monoisotopic (exact) mass is 275 g/mol. The van der Waals surface area contributed by atoms with E-state index >= 15 is 0 Å². The maximum atomic E-state index is 11.7.